The number of phenolic OH excluding ortho intramolecular Hbond substituents is 1. The highest BCUT2D eigenvalue weighted by Crippen LogP contribution is 2.28. The molecule has 1 aromatic carbocycles. The van der Waals surface area contributed by atoms with Crippen molar-refractivity contribution < 1.29 is 9.84 Å². The Morgan fingerprint density at radius 2 is 1.95 bits per heavy atom. The molecule has 4 heteroatoms. The molecule has 1 atom stereocenters. The Hall–Kier alpha value is -1.10. The Morgan fingerprint density at radius 1 is 1.18 bits per heavy atom. The Bertz CT molecular complexity index is 512. The van der Waals surface area contributed by atoms with Gasteiger partial charge in [-0.05, 0) is 38.8 Å². The minimum absolute atomic E-state index is 0.475. The molecular weight excluding hydrogens is 276 g/mol. The first-order valence-electron chi connectivity index (χ1n) is 8.47. The number of aromatic hydroxyl groups is 1. The number of hydrogen-bond acceptors (Lipinski definition) is 4. The molecule has 22 heavy (non-hydrogen) atoms. The SMILES string of the molecule is Cc1cc(C)c(O)c(CN2CCCC2CN2CCOCC2)c1. The number of hydrogen-bond donors (Lipinski definition) is 1. The average molecular weight is 304 g/mol. The van der Waals surface area contributed by atoms with Crippen LogP contribution < -0.4 is 0 Å². The van der Waals surface area contributed by atoms with Crippen LogP contribution in [-0.2, 0) is 11.3 Å². The molecule has 1 aromatic rings. The van der Waals surface area contributed by atoms with E-state index in [-0.39, 0.29) is 0 Å². The van der Waals surface area contributed by atoms with Crippen LogP contribution in [0.5, 0.6) is 5.75 Å². The Morgan fingerprint density at radius 3 is 2.73 bits per heavy atom. The molecular formula is C18H28N2O2. The molecule has 122 valence electrons. The van der Waals surface area contributed by atoms with E-state index in [0.29, 0.717) is 11.8 Å². The van der Waals surface area contributed by atoms with Crippen molar-refractivity contribution in [1.82, 2.24) is 9.80 Å². The number of aryl methyl sites for hydroxylation is 2. The van der Waals surface area contributed by atoms with E-state index >= 15 is 0 Å². The highest BCUT2D eigenvalue weighted by molar-refractivity contribution is 5.42. The lowest BCUT2D eigenvalue weighted by molar-refractivity contribution is 0.0261. The molecule has 2 aliphatic heterocycles. The summed E-state index contributed by atoms with van der Waals surface area (Å²) in [6.45, 7) is 11.1. The minimum atomic E-state index is 0.475. The summed E-state index contributed by atoms with van der Waals surface area (Å²) in [5, 5.41) is 10.3. The third kappa shape index (κ3) is 3.62. The fourth-order valence-electron chi connectivity index (χ4n) is 3.78. The molecule has 0 aromatic heterocycles. The molecule has 0 bridgehead atoms. The van der Waals surface area contributed by atoms with Crippen molar-refractivity contribution in [2.24, 2.45) is 0 Å². The summed E-state index contributed by atoms with van der Waals surface area (Å²) in [7, 11) is 0. The lowest BCUT2D eigenvalue weighted by atomic mass is 10.0. The van der Waals surface area contributed by atoms with Gasteiger partial charge in [0.2, 0.25) is 0 Å². The van der Waals surface area contributed by atoms with Crippen LogP contribution in [0.15, 0.2) is 12.1 Å². The van der Waals surface area contributed by atoms with Crippen LogP contribution in [0.2, 0.25) is 0 Å². The number of morpholine rings is 1. The van der Waals surface area contributed by atoms with Gasteiger partial charge in [-0.3, -0.25) is 9.80 Å². The van der Waals surface area contributed by atoms with Crippen LogP contribution in [0, 0.1) is 13.8 Å². The molecule has 2 heterocycles. The van der Waals surface area contributed by atoms with Gasteiger partial charge in [-0.25, -0.2) is 0 Å². The molecule has 2 aliphatic rings. The highest BCUT2D eigenvalue weighted by atomic mass is 16.5. The average Bonchev–Trinajstić information content (AvgIpc) is 2.92. The molecule has 0 amide bonds. The molecule has 4 nitrogen and oxygen atoms in total. The number of likely N-dealkylation sites (tertiary alicyclic amines) is 1. The van der Waals surface area contributed by atoms with E-state index in [1.807, 2.05) is 13.0 Å². The summed E-state index contributed by atoms with van der Waals surface area (Å²) < 4.78 is 5.44. The predicted octanol–water partition coefficient (Wildman–Crippen LogP) is 2.31. The maximum absolute atomic E-state index is 10.3. The van der Waals surface area contributed by atoms with E-state index in [0.717, 1.165) is 57.1 Å². The second-order valence-corrected chi connectivity index (χ2v) is 6.77. The topological polar surface area (TPSA) is 35.9 Å². The zero-order chi connectivity index (χ0) is 15.5. The van der Waals surface area contributed by atoms with Crippen molar-refractivity contribution in [3.8, 4) is 5.75 Å². The summed E-state index contributed by atoms with van der Waals surface area (Å²) >= 11 is 0. The maximum atomic E-state index is 10.3. The highest BCUT2D eigenvalue weighted by Gasteiger charge is 2.27. The van der Waals surface area contributed by atoms with Crippen molar-refractivity contribution in [2.75, 3.05) is 39.4 Å². The Balaban J connectivity index is 1.66. The van der Waals surface area contributed by atoms with Gasteiger partial charge in [0, 0.05) is 37.8 Å². The van der Waals surface area contributed by atoms with Crippen LogP contribution in [0.1, 0.15) is 29.5 Å². The lowest BCUT2D eigenvalue weighted by Gasteiger charge is -2.33. The first kappa shape index (κ1) is 15.8. The van der Waals surface area contributed by atoms with E-state index in [9.17, 15) is 5.11 Å². The molecule has 1 N–H and O–H groups in total. The van der Waals surface area contributed by atoms with E-state index in [1.54, 1.807) is 0 Å². The summed E-state index contributed by atoms with van der Waals surface area (Å²) in [6, 6.07) is 4.79. The minimum Gasteiger partial charge on any atom is -0.507 e. The van der Waals surface area contributed by atoms with E-state index < -0.39 is 0 Å². The number of phenols is 1. The van der Waals surface area contributed by atoms with Gasteiger partial charge in [0.25, 0.3) is 0 Å². The standard InChI is InChI=1S/C18H28N2O2/c1-14-10-15(2)18(21)16(11-14)12-20-5-3-4-17(20)13-19-6-8-22-9-7-19/h10-11,17,21H,3-9,12-13H2,1-2H3. The van der Waals surface area contributed by atoms with Crippen LogP contribution in [0.4, 0.5) is 0 Å². The van der Waals surface area contributed by atoms with Gasteiger partial charge in [-0.2, -0.15) is 0 Å². The maximum Gasteiger partial charge on any atom is 0.122 e. The van der Waals surface area contributed by atoms with Gasteiger partial charge in [-0.1, -0.05) is 17.7 Å². The van der Waals surface area contributed by atoms with Crippen molar-refractivity contribution in [3.63, 3.8) is 0 Å². The van der Waals surface area contributed by atoms with Gasteiger partial charge in [0.15, 0.2) is 0 Å². The van der Waals surface area contributed by atoms with Gasteiger partial charge in [0.1, 0.15) is 5.75 Å². The third-order valence-electron chi connectivity index (χ3n) is 4.97. The first-order valence-corrected chi connectivity index (χ1v) is 8.47. The molecule has 0 radical (unpaired) electrons. The largest absolute Gasteiger partial charge is 0.507 e. The first-order chi connectivity index (χ1) is 10.6. The monoisotopic (exact) mass is 304 g/mol. The molecule has 1 unspecified atom stereocenters. The lowest BCUT2D eigenvalue weighted by Crippen LogP contribution is -2.44. The Kier molecular flexibility index (Phi) is 5.01. The van der Waals surface area contributed by atoms with Crippen molar-refractivity contribution >= 4 is 0 Å². The molecule has 3 rings (SSSR count). The third-order valence-corrected chi connectivity index (χ3v) is 4.97. The molecule has 2 fully saturated rings. The van der Waals surface area contributed by atoms with Crippen LogP contribution in [0.25, 0.3) is 0 Å². The second-order valence-electron chi connectivity index (χ2n) is 6.77. The van der Waals surface area contributed by atoms with E-state index in [2.05, 4.69) is 22.8 Å². The van der Waals surface area contributed by atoms with Gasteiger partial charge in [0.05, 0.1) is 13.2 Å². The van der Waals surface area contributed by atoms with Crippen LogP contribution in [0.3, 0.4) is 0 Å². The van der Waals surface area contributed by atoms with E-state index in [1.165, 1.54) is 18.4 Å². The molecule has 0 spiro atoms. The fourth-order valence-corrected chi connectivity index (χ4v) is 3.78. The second kappa shape index (κ2) is 6.99. The number of benzene rings is 1. The molecule has 2 saturated heterocycles. The fraction of sp³-hybridized carbons (Fsp3) is 0.667. The summed E-state index contributed by atoms with van der Waals surface area (Å²) in [6.07, 6.45) is 2.53. The van der Waals surface area contributed by atoms with Crippen molar-refractivity contribution in [3.05, 3.63) is 28.8 Å². The van der Waals surface area contributed by atoms with Gasteiger partial charge in [-0.15, -0.1) is 0 Å². The van der Waals surface area contributed by atoms with E-state index in [4.69, 9.17) is 4.74 Å². The quantitative estimate of drug-likeness (QED) is 0.926. The van der Waals surface area contributed by atoms with Crippen LogP contribution in [-0.4, -0.2) is 60.3 Å². The van der Waals surface area contributed by atoms with Crippen molar-refractivity contribution in [1.29, 1.82) is 0 Å². The number of nitrogens with zero attached hydrogens (tertiary/aromatic N) is 2. The van der Waals surface area contributed by atoms with Gasteiger partial charge >= 0.3 is 0 Å². The molecule has 0 aliphatic carbocycles. The van der Waals surface area contributed by atoms with Crippen molar-refractivity contribution in [2.45, 2.75) is 39.3 Å². The zero-order valence-electron chi connectivity index (χ0n) is 13.8. The van der Waals surface area contributed by atoms with Gasteiger partial charge < -0.3 is 9.84 Å². The smallest absolute Gasteiger partial charge is 0.122 e. The summed E-state index contributed by atoms with van der Waals surface area (Å²) in [4.78, 5) is 5.07. The number of ether oxygens (including phenoxy) is 1. The normalized spacial score (nSPS) is 24.0. The summed E-state index contributed by atoms with van der Waals surface area (Å²) in [5.74, 6) is 0.475. The Labute approximate surface area is 133 Å². The number of rotatable bonds is 4. The summed E-state index contributed by atoms with van der Waals surface area (Å²) in [5.41, 5.74) is 3.29. The zero-order valence-corrected chi connectivity index (χ0v) is 13.8. The predicted molar refractivity (Wildman–Crippen MR) is 88.3 cm³/mol. The molecule has 0 saturated carbocycles. The van der Waals surface area contributed by atoms with Crippen LogP contribution >= 0.6 is 0 Å².